The van der Waals surface area contributed by atoms with Crippen LogP contribution >= 0.6 is 11.8 Å². The SMILES string of the molecule is CNC1(C(=O)OC)CCCC1CCSC1CCOC1C. The van der Waals surface area contributed by atoms with Crippen LogP contribution in [0.3, 0.4) is 0 Å². The smallest absolute Gasteiger partial charge is 0.326 e. The fraction of sp³-hybridized carbons (Fsp3) is 0.933. The van der Waals surface area contributed by atoms with Crippen LogP contribution in [0.4, 0.5) is 0 Å². The summed E-state index contributed by atoms with van der Waals surface area (Å²) >= 11 is 2.00. The summed E-state index contributed by atoms with van der Waals surface area (Å²) < 4.78 is 10.6. The van der Waals surface area contributed by atoms with Crippen molar-refractivity contribution < 1.29 is 14.3 Å². The monoisotopic (exact) mass is 301 g/mol. The molecule has 2 fully saturated rings. The van der Waals surface area contributed by atoms with Gasteiger partial charge in [-0.1, -0.05) is 6.42 Å². The summed E-state index contributed by atoms with van der Waals surface area (Å²) in [7, 11) is 3.37. The van der Waals surface area contributed by atoms with Crippen molar-refractivity contribution in [1.29, 1.82) is 0 Å². The summed E-state index contributed by atoms with van der Waals surface area (Å²) in [5.41, 5.74) is -0.451. The Labute approximate surface area is 126 Å². The fourth-order valence-electron chi connectivity index (χ4n) is 3.64. The zero-order valence-electron chi connectivity index (χ0n) is 12.8. The number of nitrogens with one attached hydrogen (secondary N) is 1. The van der Waals surface area contributed by atoms with E-state index < -0.39 is 5.54 Å². The molecule has 4 unspecified atom stereocenters. The second-order valence-corrected chi connectivity index (χ2v) is 7.21. The topological polar surface area (TPSA) is 47.6 Å². The van der Waals surface area contributed by atoms with Crippen LogP contribution in [-0.4, -0.2) is 49.4 Å². The van der Waals surface area contributed by atoms with Crippen molar-refractivity contribution in [3.8, 4) is 0 Å². The summed E-state index contributed by atoms with van der Waals surface area (Å²) in [6.07, 6.45) is 5.72. The van der Waals surface area contributed by atoms with Gasteiger partial charge in [0.1, 0.15) is 5.54 Å². The second kappa shape index (κ2) is 7.14. The minimum Gasteiger partial charge on any atom is -0.468 e. The molecule has 0 aromatic heterocycles. The molecule has 1 N–H and O–H groups in total. The molecule has 20 heavy (non-hydrogen) atoms. The predicted octanol–water partition coefficient (Wildman–Crippen LogP) is 2.22. The van der Waals surface area contributed by atoms with Crippen molar-refractivity contribution in [2.45, 2.75) is 55.9 Å². The highest BCUT2D eigenvalue weighted by molar-refractivity contribution is 7.99. The number of carbonyl (C=O) groups is 1. The van der Waals surface area contributed by atoms with Crippen LogP contribution in [0, 0.1) is 5.92 Å². The Kier molecular flexibility index (Phi) is 5.75. The van der Waals surface area contributed by atoms with E-state index in [1.807, 2.05) is 18.8 Å². The molecule has 0 spiro atoms. The van der Waals surface area contributed by atoms with E-state index in [0.29, 0.717) is 17.3 Å². The molecule has 0 bridgehead atoms. The molecule has 1 heterocycles. The lowest BCUT2D eigenvalue weighted by atomic mass is 9.85. The van der Waals surface area contributed by atoms with Crippen molar-refractivity contribution in [2.24, 2.45) is 5.92 Å². The van der Waals surface area contributed by atoms with Crippen LogP contribution in [0.5, 0.6) is 0 Å². The number of thioether (sulfide) groups is 1. The maximum atomic E-state index is 12.1. The van der Waals surface area contributed by atoms with Crippen LogP contribution in [-0.2, 0) is 14.3 Å². The van der Waals surface area contributed by atoms with E-state index >= 15 is 0 Å². The fourth-order valence-corrected chi connectivity index (χ4v) is 4.98. The lowest BCUT2D eigenvalue weighted by Gasteiger charge is -2.32. The van der Waals surface area contributed by atoms with Gasteiger partial charge in [0.25, 0.3) is 0 Å². The third-order valence-electron chi connectivity index (χ3n) is 4.92. The van der Waals surface area contributed by atoms with Gasteiger partial charge in [0.05, 0.1) is 13.2 Å². The number of ether oxygens (including phenoxy) is 2. The van der Waals surface area contributed by atoms with Gasteiger partial charge in [-0.05, 0) is 51.3 Å². The van der Waals surface area contributed by atoms with E-state index in [1.54, 1.807) is 0 Å². The first-order valence-electron chi connectivity index (χ1n) is 7.64. The van der Waals surface area contributed by atoms with Crippen molar-refractivity contribution in [1.82, 2.24) is 5.32 Å². The van der Waals surface area contributed by atoms with Crippen molar-refractivity contribution >= 4 is 17.7 Å². The van der Waals surface area contributed by atoms with Crippen LogP contribution in [0.2, 0.25) is 0 Å². The quantitative estimate of drug-likeness (QED) is 0.762. The molecule has 1 saturated heterocycles. The summed E-state index contributed by atoms with van der Waals surface area (Å²) in [5.74, 6) is 1.40. The van der Waals surface area contributed by atoms with Gasteiger partial charge in [-0.2, -0.15) is 11.8 Å². The molecule has 1 aliphatic carbocycles. The third kappa shape index (κ3) is 3.15. The van der Waals surface area contributed by atoms with Crippen LogP contribution in [0.1, 0.15) is 39.0 Å². The molecule has 2 rings (SSSR count). The van der Waals surface area contributed by atoms with Gasteiger partial charge in [0.15, 0.2) is 0 Å². The average Bonchev–Trinajstić information content (AvgIpc) is 3.05. The molecule has 4 atom stereocenters. The summed E-state index contributed by atoms with van der Waals surface area (Å²) in [5, 5.41) is 3.88. The molecule has 0 aromatic carbocycles. The van der Waals surface area contributed by atoms with Crippen LogP contribution in [0.15, 0.2) is 0 Å². The van der Waals surface area contributed by atoms with Gasteiger partial charge in [-0.3, -0.25) is 4.79 Å². The molecule has 1 saturated carbocycles. The Morgan fingerprint density at radius 2 is 2.30 bits per heavy atom. The van der Waals surface area contributed by atoms with Gasteiger partial charge in [0, 0.05) is 11.9 Å². The molecular weight excluding hydrogens is 274 g/mol. The third-order valence-corrected chi connectivity index (χ3v) is 6.44. The second-order valence-electron chi connectivity index (χ2n) is 5.86. The maximum Gasteiger partial charge on any atom is 0.326 e. The van der Waals surface area contributed by atoms with Crippen molar-refractivity contribution in [2.75, 3.05) is 26.5 Å². The summed E-state index contributed by atoms with van der Waals surface area (Å²) in [6, 6.07) is 0. The zero-order chi connectivity index (χ0) is 14.6. The van der Waals surface area contributed by atoms with Gasteiger partial charge >= 0.3 is 5.97 Å². The van der Waals surface area contributed by atoms with E-state index in [0.717, 1.165) is 44.5 Å². The lowest BCUT2D eigenvalue weighted by Crippen LogP contribution is -2.53. The number of hydrogen-bond donors (Lipinski definition) is 1. The van der Waals surface area contributed by atoms with E-state index in [2.05, 4.69) is 12.2 Å². The standard InChI is InChI=1S/C15H27NO3S/c1-11-13(6-9-19-11)20-10-7-12-5-4-8-15(12,16-2)14(17)18-3/h11-13,16H,4-10H2,1-3H3. The molecule has 5 heteroatoms. The van der Waals surface area contributed by atoms with Crippen molar-refractivity contribution in [3.63, 3.8) is 0 Å². The maximum absolute atomic E-state index is 12.1. The molecular formula is C15H27NO3S. The lowest BCUT2D eigenvalue weighted by molar-refractivity contribution is -0.150. The number of carbonyl (C=O) groups excluding carboxylic acids is 1. The van der Waals surface area contributed by atoms with Gasteiger partial charge in [0.2, 0.25) is 0 Å². The summed E-state index contributed by atoms with van der Waals surface area (Å²) in [4.78, 5) is 12.1. The van der Waals surface area contributed by atoms with Gasteiger partial charge < -0.3 is 14.8 Å². The highest BCUT2D eigenvalue weighted by atomic mass is 32.2. The Bertz CT molecular complexity index is 339. The number of methoxy groups -OCH3 is 1. The summed E-state index contributed by atoms with van der Waals surface area (Å²) in [6.45, 7) is 3.05. The minimum atomic E-state index is -0.451. The number of likely N-dealkylation sites (N-methyl/N-ethyl adjacent to an activating group) is 1. The molecule has 1 aliphatic heterocycles. The highest BCUT2D eigenvalue weighted by Gasteiger charge is 2.48. The first kappa shape index (κ1) is 16.1. The number of rotatable bonds is 6. The Balaban J connectivity index is 1.86. The minimum absolute atomic E-state index is 0.0925. The van der Waals surface area contributed by atoms with Gasteiger partial charge in [-0.25, -0.2) is 0 Å². The normalized spacial score (nSPS) is 37.2. The molecule has 0 amide bonds. The number of hydrogen-bond acceptors (Lipinski definition) is 5. The molecule has 0 radical (unpaired) electrons. The van der Waals surface area contributed by atoms with E-state index in [1.165, 1.54) is 7.11 Å². The number of esters is 1. The molecule has 4 nitrogen and oxygen atoms in total. The highest BCUT2D eigenvalue weighted by Crippen LogP contribution is 2.40. The van der Waals surface area contributed by atoms with E-state index in [-0.39, 0.29) is 5.97 Å². The average molecular weight is 301 g/mol. The predicted molar refractivity (Wildman–Crippen MR) is 82.0 cm³/mol. The zero-order valence-corrected chi connectivity index (χ0v) is 13.6. The van der Waals surface area contributed by atoms with Crippen LogP contribution < -0.4 is 5.32 Å². The Morgan fingerprint density at radius 1 is 1.50 bits per heavy atom. The van der Waals surface area contributed by atoms with Gasteiger partial charge in [-0.15, -0.1) is 0 Å². The Morgan fingerprint density at radius 3 is 2.90 bits per heavy atom. The molecule has 2 aliphatic rings. The van der Waals surface area contributed by atoms with E-state index in [4.69, 9.17) is 9.47 Å². The van der Waals surface area contributed by atoms with E-state index in [9.17, 15) is 4.79 Å². The molecule has 116 valence electrons. The first-order valence-corrected chi connectivity index (χ1v) is 8.69. The largest absolute Gasteiger partial charge is 0.468 e. The van der Waals surface area contributed by atoms with Crippen molar-refractivity contribution in [3.05, 3.63) is 0 Å². The first-order chi connectivity index (χ1) is 9.64. The Hall–Kier alpha value is -0.260. The molecule has 0 aromatic rings. The van der Waals surface area contributed by atoms with Crippen LogP contribution in [0.25, 0.3) is 0 Å².